The van der Waals surface area contributed by atoms with Crippen molar-refractivity contribution in [2.75, 3.05) is 0 Å². The Morgan fingerprint density at radius 1 is 0.248 bits per heavy atom. The summed E-state index contributed by atoms with van der Waals surface area (Å²) in [5.41, 5.74) is 6.18. The summed E-state index contributed by atoms with van der Waals surface area (Å²) in [6.07, 6.45) is 10.2. The van der Waals surface area contributed by atoms with E-state index in [1.165, 1.54) is 135 Å². The summed E-state index contributed by atoms with van der Waals surface area (Å²) < 4.78 is 5.12. The Morgan fingerprint density at radius 3 is 0.690 bits per heavy atom. The van der Waals surface area contributed by atoms with Gasteiger partial charge in [0.1, 0.15) is 5.69 Å². The van der Waals surface area contributed by atoms with Gasteiger partial charge in [-0.25, -0.2) is 24.9 Å². The summed E-state index contributed by atoms with van der Waals surface area (Å²) in [7, 11) is 0. The van der Waals surface area contributed by atoms with Gasteiger partial charge in [0.2, 0.25) is 0 Å². The molecule has 0 bridgehead atoms. The maximum atomic E-state index is 10.0. The van der Waals surface area contributed by atoms with Crippen LogP contribution in [0.3, 0.4) is 0 Å². The minimum atomic E-state index is -1.24. The Balaban J connectivity index is 0.000000161. The van der Waals surface area contributed by atoms with E-state index in [-0.39, 0.29) is 74.4 Å². The molecule has 21 rings (SSSR count). The second-order valence-corrected chi connectivity index (χ2v) is 31.0. The fraction of sp³-hybridized carbons (Fsp3) is 0.0412. The van der Waals surface area contributed by atoms with Gasteiger partial charge in [-0.05, 0) is 158 Å². The fourth-order valence-electron chi connectivity index (χ4n) is 11.6. The number of carboxylic acids is 6. The number of aryl methyl sites for hydroxylation is 4. The van der Waals surface area contributed by atoms with Gasteiger partial charge in [-0.3, -0.25) is 40.0 Å². The molecule has 0 aliphatic carbocycles. The van der Waals surface area contributed by atoms with Gasteiger partial charge in [0.25, 0.3) is 0 Å². The number of carbonyl (C=O) groups excluding carboxylic acids is 6. The molecule has 0 amide bonds. The number of aromatic nitrogens is 14. The van der Waals surface area contributed by atoms with Gasteiger partial charge in [0.15, 0.2) is 11.6 Å². The molecule has 1 N–H and O–H groups in total. The largest absolute Gasteiger partial charge is 3.00 e. The molecule has 0 saturated carbocycles. The predicted molar refractivity (Wildman–Crippen MR) is 484 cm³/mol. The molecule has 0 atom stereocenters. The first kappa shape index (κ1) is 97.7. The van der Waals surface area contributed by atoms with Crippen LogP contribution in [0, 0.1) is 27.7 Å². The molecular weight excluding hydrogens is 2070 g/mol. The number of carboxylic acid groups (broad SMARTS) is 6. The van der Waals surface area contributed by atoms with E-state index < -0.39 is 35.8 Å². The monoisotopic (exact) mass is 2140 g/mol. The zero-order valence-corrected chi connectivity index (χ0v) is 76.5. The topological polar surface area (TPSA) is 424 Å². The summed E-state index contributed by atoms with van der Waals surface area (Å²) in [4.78, 5) is 108. The molecule has 12 heterocycles. The third-order valence-electron chi connectivity index (χ3n) is 17.2. The van der Waals surface area contributed by atoms with Crippen molar-refractivity contribution in [3.63, 3.8) is 0 Å². The number of aromatic amines is 1. The van der Waals surface area contributed by atoms with E-state index in [1.807, 2.05) is 48.5 Å². The number of thiazole rings is 4. The van der Waals surface area contributed by atoms with Crippen molar-refractivity contribution < 1.29 is 99.6 Å². The minimum absolute atomic E-state index is 0. The average molecular weight is 2140 g/mol. The summed E-state index contributed by atoms with van der Waals surface area (Å²) in [5, 5.41) is 81.9. The number of hydrogen-bond donors (Lipinski definition) is 1. The molecule has 9 aromatic carbocycles. The number of H-pyrrole nitrogens is 1. The van der Waals surface area contributed by atoms with Gasteiger partial charge >= 0.3 is 40.2 Å². The van der Waals surface area contributed by atoms with Crippen molar-refractivity contribution in [2.45, 2.75) is 27.7 Å². The van der Waals surface area contributed by atoms with Crippen LogP contribution in [0.25, 0.3) is 107 Å². The number of carbonyl (C=O) groups is 6. The third-order valence-corrected chi connectivity index (χ3v) is 21.0. The number of hydrogen-bond acceptors (Lipinski definition) is 29. The van der Waals surface area contributed by atoms with E-state index in [1.54, 1.807) is 124 Å². The molecule has 642 valence electrons. The van der Waals surface area contributed by atoms with Crippen molar-refractivity contribution in [1.29, 1.82) is 0 Å². The van der Waals surface area contributed by atoms with Gasteiger partial charge in [0, 0.05) is 70.5 Å². The van der Waals surface area contributed by atoms with E-state index in [0.717, 1.165) is 53.4 Å². The SMILES string of the molecule is Cc1nc2c(ccc3ccccc32)s1.Cc1nc2c(ccc3ccccc32)s1.Cc1nc2c(ccc3ccccc32)s1.Cc1nc2c(ccc3ccccc32)s1.O=C([O-])c1ccccn1.O=C([O-])c1ccccn1.O=C([O-])c1ccccn1.O=C([O-])c1ccccn1.O=C([O-])c1ccccn1.O=C([O-])c1ccccn1.[Ir+3].[Ir+3].c1ccc(-c2n[nH]c(-c3ccccn3)n2)cc1. The van der Waals surface area contributed by atoms with Gasteiger partial charge in [-0.1, -0.05) is 194 Å². The van der Waals surface area contributed by atoms with Gasteiger partial charge in [-0.2, -0.15) is 5.10 Å². The molecular formula is C97H70Ir2N14O12S4. The molecule has 0 radical (unpaired) electrons. The van der Waals surface area contributed by atoms with Crippen LogP contribution in [-0.2, 0) is 40.2 Å². The van der Waals surface area contributed by atoms with Crippen molar-refractivity contribution in [2.24, 2.45) is 0 Å². The van der Waals surface area contributed by atoms with Crippen molar-refractivity contribution in [3.05, 3.63) is 401 Å². The molecule has 12 aromatic heterocycles. The quantitative estimate of drug-likeness (QED) is 0.148. The van der Waals surface area contributed by atoms with E-state index in [2.05, 4.69) is 243 Å². The van der Waals surface area contributed by atoms with Crippen molar-refractivity contribution in [1.82, 2.24) is 70.0 Å². The Bertz CT molecular complexity index is 6310. The molecule has 26 nitrogen and oxygen atoms in total. The number of nitrogens with zero attached hydrogens (tertiary/aromatic N) is 13. The molecule has 0 spiro atoms. The number of aromatic carboxylic acids is 6. The third kappa shape index (κ3) is 29.2. The van der Waals surface area contributed by atoms with Crippen LogP contribution < -0.4 is 30.6 Å². The van der Waals surface area contributed by atoms with Crippen LogP contribution in [0.1, 0.15) is 83.0 Å². The average Bonchev–Trinajstić information content (AvgIpc) is 1.67. The minimum Gasteiger partial charge on any atom is -0.543 e. The van der Waals surface area contributed by atoms with Crippen LogP contribution in [-0.4, -0.2) is 106 Å². The van der Waals surface area contributed by atoms with E-state index in [9.17, 15) is 59.4 Å². The number of pyridine rings is 7. The molecule has 0 saturated heterocycles. The number of benzene rings is 9. The van der Waals surface area contributed by atoms with Crippen LogP contribution in [0.2, 0.25) is 0 Å². The fourth-order valence-corrected chi connectivity index (χ4v) is 15.0. The Morgan fingerprint density at radius 2 is 0.473 bits per heavy atom. The number of rotatable bonds is 8. The van der Waals surface area contributed by atoms with E-state index >= 15 is 0 Å². The van der Waals surface area contributed by atoms with Crippen LogP contribution >= 0.6 is 45.3 Å². The van der Waals surface area contributed by atoms with Gasteiger partial charge in [-0.15, -0.1) is 45.3 Å². The molecule has 0 aliphatic heterocycles. The first-order chi connectivity index (χ1) is 61.6. The van der Waals surface area contributed by atoms with Crippen LogP contribution in [0.4, 0.5) is 0 Å². The second kappa shape index (κ2) is 50.1. The summed E-state index contributed by atoms with van der Waals surface area (Å²) in [6, 6.07) is 94.1. The van der Waals surface area contributed by atoms with E-state index in [0.29, 0.717) is 11.6 Å². The smallest absolute Gasteiger partial charge is 0.543 e. The zero-order valence-electron chi connectivity index (χ0n) is 68.4. The molecule has 21 aromatic rings. The normalized spacial score (nSPS) is 9.95. The first-order valence-electron chi connectivity index (χ1n) is 38.3. The summed E-state index contributed by atoms with van der Waals surface area (Å²) in [6.45, 7) is 8.22. The molecule has 129 heavy (non-hydrogen) atoms. The first-order valence-corrected chi connectivity index (χ1v) is 41.5. The van der Waals surface area contributed by atoms with Crippen LogP contribution in [0.15, 0.2) is 347 Å². The maximum Gasteiger partial charge on any atom is 3.00 e. The molecule has 0 fully saturated rings. The predicted octanol–water partition coefficient (Wildman–Crippen LogP) is 14.2. The molecule has 0 unspecified atom stereocenters. The van der Waals surface area contributed by atoms with Crippen LogP contribution in [0.5, 0.6) is 0 Å². The maximum absolute atomic E-state index is 10.0. The molecule has 0 aliphatic rings. The van der Waals surface area contributed by atoms with Crippen molar-refractivity contribution in [3.8, 4) is 22.9 Å². The van der Waals surface area contributed by atoms with Gasteiger partial charge < -0.3 is 59.4 Å². The standard InChI is InChI=1S/C13H10N4.4C12H9NS.6C6H5NO2.2Ir/c1-2-6-10(7-3-1)12-15-13(17-16-12)11-8-4-5-9-14-11;4*1-8-13-12-10-5-3-2-4-9(10)6-7-11(12)14-8;6*8-6(9)5-3-1-2-4-7-5;;/h1-9H,(H,15,16,17);4*2-7H,1H3;6*1-4H,(H,8,9);;/q;;;;;;;;;;;2*+3/p-6. The number of fused-ring (bicyclic) bond motifs is 12. The summed E-state index contributed by atoms with van der Waals surface area (Å²) in [5.74, 6) is -6.07. The van der Waals surface area contributed by atoms with Gasteiger partial charge in [0.05, 0.1) is 131 Å². The zero-order chi connectivity index (χ0) is 89.8. The van der Waals surface area contributed by atoms with Crippen molar-refractivity contribution >= 4 is 165 Å². The second-order valence-electron chi connectivity index (χ2n) is 26.1. The Hall–Kier alpha value is -15.1. The summed E-state index contributed by atoms with van der Waals surface area (Å²) >= 11 is 7.02. The number of nitrogens with one attached hydrogen (secondary N) is 1. The molecule has 32 heteroatoms. The Labute approximate surface area is 780 Å². The Kier molecular flexibility index (Phi) is 38.0. The van der Waals surface area contributed by atoms with E-state index in [4.69, 9.17) is 0 Å².